The molecule has 0 bridgehead atoms. The molecule has 0 unspecified atom stereocenters. The van der Waals surface area contributed by atoms with Gasteiger partial charge in [0.1, 0.15) is 0 Å². The van der Waals surface area contributed by atoms with Crippen LogP contribution in [0, 0.1) is 6.92 Å². The number of unbranched alkanes of at least 4 members (excludes halogenated alkanes) is 1. The van der Waals surface area contributed by atoms with E-state index in [2.05, 4.69) is 27.8 Å². The molecule has 0 radical (unpaired) electrons. The number of aromatic amines is 1. The van der Waals surface area contributed by atoms with Crippen molar-refractivity contribution in [2.75, 3.05) is 17.6 Å². The Hall–Kier alpha value is -1.72. The lowest BCUT2D eigenvalue weighted by molar-refractivity contribution is 0.252. The third-order valence-electron chi connectivity index (χ3n) is 2.04. The summed E-state index contributed by atoms with van der Waals surface area (Å²) in [6.45, 7) is 4.52. The van der Waals surface area contributed by atoms with Crippen LogP contribution < -0.4 is 16.4 Å². The van der Waals surface area contributed by atoms with Crippen LogP contribution in [0.4, 0.5) is 16.3 Å². The fraction of sp³-hybridized carbons (Fsp3) is 0.556. The normalized spacial score (nSPS) is 10.0. The van der Waals surface area contributed by atoms with E-state index in [9.17, 15) is 4.79 Å². The van der Waals surface area contributed by atoms with Gasteiger partial charge < -0.3 is 11.1 Å². The van der Waals surface area contributed by atoms with Gasteiger partial charge in [-0.05, 0) is 13.3 Å². The Morgan fingerprint density at radius 1 is 1.60 bits per heavy atom. The van der Waals surface area contributed by atoms with Gasteiger partial charge in [-0.1, -0.05) is 13.3 Å². The predicted molar refractivity (Wildman–Crippen MR) is 59.7 cm³/mol. The summed E-state index contributed by atoms with van der Waals surface area (Å²) in [6, 6.07) is -0.276. The number of carbonyl (C=O) groups excluding carboxylic acids is 1. The zero-order valence-electron chi connectivity index (χ0n) is 9.05. The van der Waals surface area contributed by atoms with Crippen molar-refractivity contribution < 1.29 is 4.79 Å². The standard InChI is InChI=1S/C9H17N5O/c1-3-4-5-11-9(15)12-8-7(10)6(2)13-14-8/h3-5,10H2,1-2H3,(H3,11,12,13,14,15). The van der Waals surface area contributed by atoms with Crippen molar-refractivity contribution in [3.8, 4) is 0 Å². The highest BCUT2D eigenvalue weighted by molar-refractivity contribution is 5.91. The van der Waals surface area contributed by atoms with Gasteiger partial charge >= 0.3 is 6.03 Å². The maximum Gasteiger partial charge on any atom is 0.320 e. The zero-order valence-corrected chi connectivity index (χ0v) is 9.05. The van der Waals surface area contributed by atoms with Crippen molar-refractivity contribution in [3.05, 3.63) is 5.69 Å². The monoisotopic (exact) mass is 211 g/mol. The molecule has 0 aliphatic rings. The summed E-state index contributed by atoms with van der Waals surface area (Å²) < 4.78 is 0. The number of nitrogens with two attached hydrogens (primary N) is 1. The molecule has 0 aromatic carbocycles. The first-order valence-electron chi connectivity index (χ1n) is 5.00. The molecule has 1 heterocycles. The van der Waals surface area contributed by atoms with Gasteiger partial charge in [-0.2, -0.15) is 5.10 Å². The van der Waals surface area contributed by atoms with Crippen LogP contribution >= 0.6 is 0 Å². The number of nitrogens with one attached hydrogen (secondary N) is 3. The molecule has 1 aromatic rings. The number of rotatable bonds is 4. The molecular weight excluding hydrogens is 194 g/mol. The minimum atomic E-state index is -0.276. The van der Waals surface area contributed by atoms with Crippen LogP contribution in [0.15, 0.2) is 0 Å². The third kappa shape index (κ3) is 3.16. The highest BCUT2D eigenvalue weighted by atomic mass is 16.2. The first-order chi connectivity index (χ1) is 7.15. The quantitative estimate of drug-likeness (QED) is 0.564. The van der Waals surface area contributed by atoms with E-state index in [1.807, 2.05) is 0 Å². The second kappa shape index (κ2) is 5.23. The van der Waals surface area contributed by atoms with Crippen LogP contribution in [0.2, 0.25) is 0 Å². The summed E-state index contributed by atoms with van der Waals surface area (Å²) in [4.78, 5) is 11.3. The second-order valence-corrected chi connectivity index (χ2v) is 3.35. The average Bonchev–Trinajstić information content (AvgIpc) is 2.50. The highest BCUT2D eigenvalue weighted by Crippen LogP contribution is 2.17. The molecule has 6 nitrogen and oxygen atoms in total. The zero-order chi connectivity index (χ0) is 11.3. The Morgan fingerprint density at radius 2 is 2.33 bits per heavy atom. The highest BCUT2D eigenvalue weighted by Gasteiger charge is 2.08. The van der Waals surface area contributed by atoms with Crippen molar-refractivity contribution in [3.63, 3.8) is 0 Å². The molecule has 1 aromatic heterocycles. The number of H-pyrrole nitrogens is 1. The van der Waals surface area contributed by atoms with E-state index < -0.39 is 0 Å². The van der Waals surface area contributed by atoms with Crippen molar-refractivity contribution in [1.29, 1.82) is 0 Å². The molecule has 5 N–H and O–H groups in total. The van der Waals surface area contributed by atoms with E-state index in [1.54, 1.807) is 6.92 Å². The van der Waals surface area contributed by atoms with Gasteiger partial charge in [-0.3, -0.25) is 10.4 Å². The van der Waals surface area contributed by atoms with E-state index in [-0.39, 0.29) is 6.03 Å². The molecule has 0 atom stereocenters. The molecule has 0 saturated carbocycles. The van der Waals surface area contributed by atoms with E-state index in [1.165, 1.54) is 0 Å². The number of amides is 2. The number of nitrogens with zero attached hydrogens (tertiary/aromatic N) is 1. The summed E-state index contributed by atoms with van der Waals surface area (Å²) >= 11 is 0. The lowest BCUT2D eigenvalue weighted by Crippen LogP contribution is -2.29. The van der Waals surface area contributed by atoms with Gasteiger partial charge in [-0.25, -0.2) is 4.79 Å². The third-order valence-corrected chi connectivity index (χ3v) is 2.04. The van der Waals surface area contributed by atoms with Gasteiger partial charge in [0, 0.05) is 6.54 Å². The summed E-state index contributed by atoms with van der Waals surface area (Å²) in [5.41, 5.74) is 6.89. The van der Waals surface area contributed by atoms with Gasteiger partial charge in [-0.15, -0.1) is 0 Å². The summed E-state index contributed by atoms with van der Waals surface area (Å²) in [5.74, 6) is 0.376. The minimum Gasteiger partial charge on any atom is -0.394 e. The first kappa shape index (κ1) is 11.4. The number of aryl methyl sites for hydroxylation is 1. The molecule has 0 fully saturated rings. The Bertz CT molecular complexity index is 333. The molecule has 15 heavy (non-hydrogen) atoms. The lowest BCUT2D eigenvalue weighted by atomic mass is 10.3. The van der Waals surface area contributed by atoms with Crippen LogP contribution in [0.1, 0.15) is 25.5 Å². The largest absolute Gasteiger partial charge is 0.394 e. The summed E-state index contributed by atoms with van der Waals surface area (Å²) in [5, 5.41) is 11.8. The molecule has 84 valence electrons. The van der Waals surface area contributed by atoms with Crippen molar-refractivity contribution in [1.82, 2.24) is 15.5 Å². The van der Waals surface area contributed by atoms with Crippen LogP contribution in [-0.2, 0) is 0 Å². The molecule has 0 saturated heterocycles. The Morgan fingerprint density at radius 3 is 2.87 bits per heavy atom. The maximum absolute atomic E-state index is 11.3. The number of anilines is 2. The average molecular weight is 211 g/mol. The van der Waals surface area contributed by atoms with Gasteiger partial charge in [0.2, 0.25) is 0 Å². The Labute approximate surface area is 88.6 Å². The topological polar surface area (TPSA) is 95.8 Å². The van der Waals surface area contributed by atoms with Gasteiger partial charge in [0.15, 0.2) is 5.82 Å². The van der Waals surface area contributed by atoms with Crippen molar-refractivity contribution in [2.24, 2.45) is 0 Å². The minimum absolute atomic E-state index is 0.276. The van der Waals surface area contributed by atoms with E-state index in [4.69, 9.17) is 5.73 Å². The number of aromatic nitrogens is 2. The number of urea groups is 1. The fourth-order valence-corrected chi connectivity index (χ4v) is 1.06. The molecule has 0 aliphatic heterocycles. The van der Waals surface area contributed by atoms with E-state index in [0.29, 0.717) is 18.1 Å². The van der Waals surface area contributed by atoms with Crippen molar-refractivity contribution >= 4 is 17.5 Å². The number of hydrogen-bond acceptors (Lipinski definition) is 3. The molecule has 0 spiro atoms. The maximum atomic E-state index is 11.3. The van der Waals surface area contributed by atoms with Gasteiger partial charge in [0.05, 0.1) is 11.4 Å². The van der Waals surface area contributed by atoms with Gasteiger partial charge in [0.25, 0.3) is 0 Å². The predicted octanol–water partition coefficient (Wildman–Crippen LogP) is 1.22. The molecule has 0 aliphatic carbocycles. The Balaban J connectivity index is 2.41. The summed E-state index contributed by atoms with van der Waals surface area (Å²) in [7, 11) is 0. The second-order valence-electron chi connectivity index (χ2n) is 3.35. The number of nitrogen functional groups attached to an aromatic ring is 1. The SMILES string of the molecule is CCCCNC(=O)Nc1n[nH]c(C)c1N. The molecular formula is C9H17N5O. The smallest absolute Gasteiger partial charge is 0.320 e. The van der Waals surface area contributed by atoms with Crippen LogP contribution in [0.25, 0.3) is 0 Å². The van der Waals surface area contributed by atoms with Crippen LogP contribution in [-0.4, -0.2) is 22.8 Å². The Kier molecular flexibility index (Phi) is 3.96. The molecule has 2 amide bonds. The van der Waals surface area contributed by atoms with Crippen LogP contribution in [0.3, 0.4) is 0 Å². The lowest BCUT2D eigenvalue weighted by Gasteiger charge is -2.04. The van der Waals surface area contributed by atoms with E-state index >= 15 is 0 Å². The first-order valence-corrected chi connectivity index (χ1v) is 5.00. The van der Waals surface area contributed by atoms with E-state index in [0.717, 1.165) is 18.5 Å². The van der Waals surface area contributed by atoms with Crippen molar-refractivity contribution in [2.45, 2.75) is 26.7 Å². The van der Waals surface area contributed by atoms with Crippen LogP contribution in [0.5, 0.6) is 0 Å². The number of carbonyl (C=O) groups is 1. The summed E-state index contributed by atoms with van der Waals surface area (Å²) in [6.07, 6.45) is 2.01. The fourth-order valence-electron chi connectivity index (χ4n) is 1.06. The molecule has 6 heteroatoms. The molecule has 1 rings (SSSR count). The number of hydrogen-bond donors (Lipinski definition) is 4.